The lowest BCUT2D eigenvalue weighted by atomic mass is 10.0. The molecule has 0 bridgehead atoms. The first-order valence-corrected chi connectivity index (χ1v) is 14.3. The Bertz CT molecular complexity index is 1170. The number of para-hydroxylation sites is 1. The maximum Gasteiger partial charge on any atom is 0.326 e. The summed E-state index contributed by atoms with van der Waals surface area (Å²) in [5, 5.41) is 26.6. The zero-order chi connectivity index (χ0) is 29.7. The first kappa shape index (κ1) is 32.6. The minimum atomic E-state index is -1.67. The molecule has 3 amide bonds. The molecule has 220 valence electrons. The number of amides is 3. The molecule has 0 aliphatic carbocycles. The van der Waals surface area contributed by atoms with Gasteiger partial charge in [-0.15, -0.1) is 0 Å². The van der Waals surface area contributed by atoms with Crippen LogP contribution in [0.3, 0.4) is 0 Å². The van der Waals surface area contributed by atoms with E-state index in [2.05, 4.69) is 20.9 Å². The number of unbranched alkanes of at least 4 members (excludes halogenated alkanes) is 1. The van der Waals surface area contributed by atoms with Crippen LogP contribution in [0.25, 0.3) is 10.9 Å². The third-order valence-electron chi connectivity index (χ3n) is 6.27. The molecule has 40 heavy (non-hydrogen) atoms. The van der Waals surface area contributed by atoms with Gasteiger partial charge in [-0.05, 0) is 62.3 Å². The van der Waals surface area contributed by atoms with E-state index in [-0.39, 0.29) is 19.3 Å². The van der Waals surface area contributed by atoms with Crippen LogP contribution >= 0.6 is 11.8 Å². The highest BCUT2D eigenvalue weighted by Crippen LogP contribution is 2.19. The number of aliphatic carboxylic acids is 2. The van der Waals surface area contributed by atoms with Crippen LogP contribution in [0.15, 0.2) is 30.5 Å². The van der Waals surface area contributed by atoms with Crippen LogP contribution in [0, 0.1) is 0 Å². The lowest BCUT2D eigenvalue weighted by Crippen LogP contribution is -2.57. The number of carbonyl (C=O) groups excluding carboxylic acids is 3. The fourth-order valence-corrected chi connectivity index (χ4v) is 4.57. The number of H-pyrrole nitrogens is 1. The molecular formula is C26H38N6O7S. The van der Waals surface area contributed by atoms with E-state index in [0.717, 1.165) is 16.5 Å². The van der Waals surface area contributed by atoms with Crippen molar-refractivity contribution in [3.63, 3.8) is 0 Å². The molecule has 0 spiro atoms. The molecule has 2 rings (SSSR count). The lowest BCUT2D eigenvalue weighted by molar-refractivity contribution is -0.147. The van der Waals surface area contributed by atoms with Gasteiger partial charge in [-0.3, -0.25) is 19.2 Å². The number of carboxylic acids is 2. The van der Waals surface area contributed by atoms with Gasteiger partial charge in [0.25, 0.3) is 0 Å². The average Bonchev–Trinajstić information content (AvgIpc) is 3.32. The molecule has 1 aromatic heterocycles. The van der Waals surface area contributed by atoms with Crippen molar-refractivity contribution in [2.75, 3.05) is 18.6 Å². The van der Waals surface area contributed by atoms with E-state index in [4.69, 9.17) is 16.6 Å². The Balaban J connectivity index is 2.13. The molecule has 0 aliphatic rings. The summed E-state index contributed by atoms with van der Waals surface area (Å²) in [6.45, 7) is 0.390. The Hall–Kier alpha value is -3.62. The second-order valence-corrected chi connectivity index (χ2v) is 10.3. The predicted octanol–water partition coefficient (Wildman–Crippen LogP) is -0.0665. The second kappa shape index (κ2) is 16.5. The Kier molecular flexibility index (Phi) is 13.4. The van der Waals surface area contributed by atoms with E-state index in [1.54, 1.807) is 12.5 Å². The molecule has 4 unspecified atom stereocenters. The molecule has 1 aromatic carbocycles. The summed E-state index contributed by atoms with van der Waals surface area (Å²) in [4.78, 5) is 64.7. The van der Waals surface area contributed by atoms with E-state index < -0.39 is 60.2 Å². The van der Waals surface area contributed by atoms with E-state index in [1.807, 2.05) is 24.3 Å². The molecule has 0 saturated carbocycles. The summed E-state index contributed by atoms with van der Waals surface area (Å²) in [6, 6.07) is 2.81. The lowest BCUT2D eigenvalue weighted by Gasteiger charge is -2.25. The first-order chi connectivity index (χ1) is 19.1. The maximum atomic E-state index is 13.3. The van der Waals surface area contributed by atoms with Crippen molar-refractivity contribution in [3.8, 4) is 0 Å². The van der Waals surface area contributed by atoms with Crippen molar-refractivity contribution in [2.45, 2.75) is 62.7 Å². The SMILES string of the molecule is CSCCC(NC(=O)C(CCCCN)NC(=O)C(N)Cc1c[nH]c2ccccc12)C(=O)NC(CC(=O)O)C(=O)O. The van der Waals surface area contributed by atoms with Crippen molar-refractivity contribution in [3.05, 3.63) is 36.0 Å². The fourth-order valence-electron chi connectivity index (χ4n) is 4.09. The highest BCUT2D eigenvalue weighted by atomic mass is 32.2. The van der Waals surface area contributed by atoms with Gasteiger partial charge in [0.15, 0.2) is 0 Å². The van der Waals surface area contributed by atoms with Gasteiger partial charge in [-0.25, -0.2) is 4.79 Å². The molecular weight excluding hydrogens is 540 g/mol. The minimum absolute atomic E-state index is 0.154. The van der Waals surface area contributed by atoms with Crippen LogP contribution < -0.4 is 27.4 Å². The Labute approximate surface area is 236 Å². The number of nitrogens with one attached hydrogen (secondary N) is 4. The molecule has 10 N–H and O–H groups in total. The number of aromatic nitrogens is 1. The van der Waals surface area contributed by atoms with E-state index in [9.17, 15) is 29.1 Å². The molecule has 0 saturated heterocycles. The molecule has 0 aliphatic heterocycles. The summed E-state index contributed by atoms with van der Waals surface area (Å²) >= 11 is 1.41. The summed E-state index contributed by atoms with van der Waals surface area (Å²) in [5.74, 6) is -4.48. The zero-order valence-corrected chi connectivity index (χ0v) is 23.2. The Morgan fingerprint density at radius 1 is 0.925 bits per heavy atom. The number of nitrogens with two attached hydrogens (primary N) is 2. The highest BCUT2D eigenvalue weighted by molar-refractivity contribution is 7.98. The number of hydrogen-bond donors (Lipinski definition) is 8. The van der Waals surface area contributed by atoms with Gasteiger partial charge in [0.05, 0.1) is 12.5 Å². The van der Waals surface area contributed by atoms with Gasteiger partial charge in [0, 0.05) is 17.1 Å². The second-order valence-electron chi connectivity index (χ2n) is 9.36. The number of benzene rings is 1. The van der Waals surface area contributed by atoms with Crippen molar-refractivity contribution < 1.29 is 34.2 Å². The fraction of sp³-hybridized carbons (Fsp3) is 0.500. The smallest absolute Gasteiger partial charge is 0.326 e. The molecule has 2 aromatic rings. The highest BCUT2D eigenvalue weighted by Gasteiger charge is 2.31. The van der Waals surface area contributed by atoms with Crippen LogP contribution in [0.4, 0.5) is 0 Å². The van der Waals surface area contributed by atoms with Crippen LogP contribution in [0.5, 0.6) is 0 Å². The number of hydrogen-bond acceptors (Lipinski definition) is 8. The number of carbonyl (C=O) groups is 5. The van der Waals surface area contributed by atoms with Gasteiger partial charge in [0.1, 0.15) is 18.1 Å². The van der Waals surface area contributed by atoms with Crippen LogP contribution in [0.2, 0.25) is 0 Å². The van der Waals surface area contributed by atoms with Crippen LogP contribution in [0.1, 0.15) is 37.7 Å². The molecule has 0 fully saturated rings. The molecule has 0 radical (unpaired) electrons. The Morgan fingerprint density at radius 2 is 1.55 bits per heavy atom. The van der Waals surface area contributed by atoms with Crippen LogP contribution in [-0.2, 0) is 30.4 Å². The standard InChI is InChI=1S/C26H38N6O7S/c1-40-11-9-20(25(37)32-21(26(38)39)13-22(33)34)31-24(36)19(8-4-5-10-27)30-23(35)17(28)12-15-14-29-18-7-3-2-6-16(15)18/h2-3,6-7,14,17,19-21,29H,4-5,8-13,27-28H2,1H3,(H,30,35)(H,31,36)(H,32,37)(H,33,34)(H,38,39). The quantitative estimate of drug-likeness (QED) is 0.110. The summed E-state index contributed by atoms with van der Waals surface area (Å²) in [5.41, 5.74) is 13.5. The van der Waals surface area contributed by atoms with Gasteiger partial charge in [-0.2, -0.15) is 11.8 Å². The van der Waals surface area contributed by atoms with Gasteiger partial charge in [-0.1, -0.05) is 18.2 Å². The molecule has 4 atom stereocenters. The number of aromatic amines is 1. The van der Waals surface area contributed by atoms with E-state index in [1.165, 1.54) is 11.8 Å². The Morgan fingerprint density at radius 3 is 2.17 bits per heavy atom. The maximum absolute atomic E-state index is 13.3. The average molecular weight is 579 g/mol. The minimum Gasteiger partial charge on any atom is -0.481 e. The summed E-state index contributed by atoms with van der Waals surface area (Å²) in [7, 11) is 0. The van der Waals surface area contributed by atoms with Crippen molar-refractivity contribution >= 4 is 52.3 Å². The number of carboxylic acid groups (broad SMARTS) is 2. The van der Waals surface area contributed by atoms with Crippen LogP contribution in [-0.4, -0.2) is 87.6 Å². The summed E-state index contributed by atoms with van der Waals surface area (Å²) in [6.07, 6.45) is 4.51. The number of rotatable bonds is 18. The molecule has 13 nitrogen and oxygen atoms in total. The zero-order valence-electron chi connectivity index (χ0n) is 22.4. The van der Waals surface area contributed by atoms with Gasteiger partial charge >= 0.3 is 11.9 Å². The van der Waals surface area contributed by atoms with Crippen molar-refractivity contribution in [1.82, 2.24) is 20.9 Å². The summed E-state index contributed by atoms with van der Waals surface area (Å²) < 4.78 is 0. The molecule has 14 heteroatoms. The first-order valence-electron chi connectivity index (χ1n) is 12.9. The largest absolute Gasteiger partial charge is 0.481 e. The van der Waals surface area contributed by atoms with E-state index >= 15 is 0 Å². The van der Waals surface area contributed by atoms with Crippen molar-refractivity contribution in [2.24, 2.45) is 11.5 Å². The third-order valence-corrected chi connectivity index (χ3v) is 6.91. The van der Waals surface area contributed by atoms with Crippen molar-refractivity contribution in [1.29, 1.82) is 0 Å². The predicted molar refractivity (Wildman–Crippen MR) is 152 cm³/mol. The van der Waals surface area contributed by atoms with Gasteiger partial charge in [0.2, 0.25) is 17.7 Å². The monoisotopic (exact) mass is 578 g/mol. The van der Waals surface area contributed by atoms with Gasteiger partial charge < -0.3 is 42.6 Å². The molecule has 1 heterocycles. The normalized spacial score (nSPS) is 14.1. The number of thioether (sulfide) groups is 1. The van der Waals surface area contributed by atoms with E-state index in [0.29, 0.717) is 25.1 Å². The third kappa shape index (κ3) is 10.2. The number of fused-ring (bicyclic) bond motifs is 1. The topological polar surface area (TPSA) is 230 Å².